The van der Waals surface area contributed by atoms with Gasteiger partial charge in [-0.2, -0.15) is 0 Å². The van der Waals surface area contributed by atoms with Gasteiger partial charge in [-0.05, 0) is 43.5 Å². The van der Waals surface area contributed by atoms with Gasteiger partial charge in [0.1, 0.15) is 5.75 Å². The van der Waals surface area contributed by atoms with E-state index in [0.29, 0.717) is 5.92 Å². The van der Waals surface area contributed by atoms with Crippen LogP contribution in [0.2, 0.25) is 0 Å². The summed E-state index contributed by atoms with van der Waals surface area (Å²) in [5.41, 5.74) is 2.45. The molecule has 0 saturated carbocycles. The van der Waals surface area contributed by atoms with Gasteiger partial charge in [-0.3, -0.25) is 0 Å². The summed E-state index contributed by atoms with van der Waals surface area (Å²) in [6.07, 6.45) is -0.00250. The lowest BCUT2D eigenvalue weighted by atomic mass is 10.0. The van der Waals surface area contributed by atoms with Crippen LogP contribution in [0.4, 0.5) is 5.69 Å². The quantitative estimate of drug-likeness (QED) is 0.687. The average molecular weight is 283 g/mol. The van der Waals surface area contributed by atoms with Gasteiger partial charge < -0.3 is 9.64 Å². The van der Waals surface area contributed by atoms with E-state index in [0.717, 1.165) is 12.3 Å². The Morgan fingerprint density at radius 2 is 1.52 bits per heavy atom. The molecule has 0 amide bonds. The van der Waals surface area contributed by atoms with Crippen molar-refractivity contribution in [3.63, 3.8) is 0 Å². The van der Waals surface area contributed by atoms with E-state index in [-0.39, 0.29) is 6.23 Å². The Labute approximate surface area is 128 Å². The number of rotatable bonds is 6. The fraction of sp³-hybridized carbons (Fsp3) is 0.368. The molecule has 0 aromatic heterocycles. The molecule has 1 atom stereocenters. The molecule has 0 bridgehead atoms. The molecule has 2 heteroatoms. The fourth-order valence-electron chi connectivity index (χ4n) is 2.58. The van der Waals surface area contributed by atoms with Crippen LogP contribution >= 0.6 is 0 Å². The molecule has 0 heterocycles. The van der Waals surface area contributed by atoms with Crippen molar-refractivity contribution >= 4 is 5.69 Å². The standard InChI is InChI=1S/C19H25NO/c1-5-20(17-11-7-6-8-12-17)16(4)21-19-14-10-9-13-18(19)15(2)3/h6-16H,5H2,1-4H3. The first kappa shape index (κ1) is 15.4. The summed E-state index contributed by atoms with van der Waals surface area (Å²) in [5.74, 6) is 1.44. The third-order valence-electron chi connectivity index (χ3n) is 3.71. The minimum absolute atomic E-state index is 0.00250. The van der Waals surface area contributed by atoms with E-state index in [4.69, 9.17) is 4.74 Å². The highest BCUT2D eigenvalue weighted by molar-refractivity contribution is 5.46. The van der Waals surface area contributed by atoms with Crippen LogP contribution in [0.15, 0.2) is 54.6 Å². The molecule has 0 saturated heterocycles. The van der Waals surface area contributed by atoms with Crippen LogP contribution in [0.5, 0.6) is 5.75 Å². The molecule has 21 heavy (non-hydrogen) atoms. The zero-order valence-electron chi connectivity index (χ0n) is 13.4. The van der Waals surface area contributed by atoms with Gasteiger partial charge in [0.25, 0.3) is 0 Å². The minimum atomic E-state index is -0.00250. The molecule has 2 aromatic carbocycles. The summed E-state index contributed by atoms with van der Waals surface area (Å²) in [6, 6.07) is 18.7. The fourth-order valence-corrected chi connectivity index (χ4v) is 2.58. The van der Waals surface area contributed by atoms with Crippen molar-refractivity contribution in [2.45, 2.75) is 39.8 Å². The number of para-hydroxylation sites is 2. The Balaban J connectivity index is 2.19. The highest BCUT2D eigenvalue weighted by atomic mass is 16.5. The van der Waals surface area contributed by atoms with E-state index >= 15 is 0 Å². The highest BCUT2D eigenvalue weighted by Crippen LogP contribution is 2.28. The molecule has 112 valence electrons. The third-order valence-corrected chi connectivity index (χ3v) is 3.71. The zero-order valence-corrected chi connectivity index (χ0v) is 13.4. The van der Waals surface area contributed by atoms with Crippen LogP contribution in [0.1, 0.15) is 39.2 Å². The first-order valence-corrected chi connectivity index (χ1v) is 7.70. The molecular weight excluding hydrogens is 258 g/mol. The largest absolute Gasteiger partial charge is 0.471 e. The maximum atomic E-state index is 6.24. The molecule has 2 aromatic rings. The van der Waals surface area contributed by atoms with E-state index in [1.807, 2.05) is 12.1 Å². The Kier molecular flexibility index (Phi) is 5.26. The number of nitrogens with zero attached hydrogens (tertiary/aromatic N) is 1. The van der Waals surface area contributed by atoms with Crippen LogP contribution in [0.25, 0.3) is 0 Å². The molecule has 0 fully saturated rings. The van der Waals surface area contributed by atoms with Crippen LogP contribution in [-0.2, 0) is 0 Å². The lowest BCUT2D eigenvalue weighted by Gasteiger charge is -2.31. The average Bonchev–Trinajstić information content (AvgIpc) is 2.49. The second kappa shape index (κ2) is 7.16. The summed E-state index contributed by atoms with van der Waals surface area (Å²) >= 11 is 0. The second-order valence-corrected chi connectivity index (χ2v) is 5.53. The molecule has 0 aliphatic heterocycles. The molecule has 0 aliphatic rings. The zero-order chi connectivity index (χ0) is 15.2. The van der Waals surface area contributed by atoms with Crippen molar-refractivity contribution in [1.29, 1.82) is 0 Å². The van der Waals surface area contributed by atoms with Crippen LogP contribution in [0, 0.1) is 0 Å². The van der Waals surface area contributed by atoms with Crippen molar-refractivity contribution in [2.75, 3.05) is 11.4 Å². The minimum Gasteiger partial charge on any atom is -0.471 e. The van der Waals surface area contributed by atoms with E-state index in [9.17, 15) is 0 Å². The summed E-state index contributed by atoms with van der Waals surface area (Å²) in [5, 5.41) is 0. The Hall–Kier alpha value is -1.96. The predicted octanol–water partition coefficient (Wildman–Crippen LogP) is 5.06. The molecule has 1 unspecified atom stereocenters. The van der Waals surface area contributed by atoms with Gasteiger partial charge in [0.05, 0.1) is 0 Å². The molecule has 0 radical (unpaired) electrons. The van der Waals surface area contributed by atoms with Crippen molar-refractivity contribution in [2.24, 2.45) is 0 Å². The van der Waals surface area contributed by atoms with Gasteiger partial charge in [0.15, 0.2) is 6.23 Å². The van der Waals surface area contributed by atoms with Gasteiger partial charge in [0.2, 0.25) is 0 Å². The van der Waals surface area contributed by atoms with Crippen molar-refractivity contribution in [3.05, 3.63) is 60.2 Å². The Morgan fingerprint density at radius 1 is 0.905 bits per heavy atom. The number of ether oxygens (including phenoxy) is 1. The topological polar surface area (TPSA) is 12.5 Å². The predicted molar refractivity (Wildman–Crippen MR) is 90.1 cm³/mol. The second-order valence-electron chi connectivity index (χ2n) is 5.53. The maximum Gasteiger partial charge on any atom is 0.169 e. The summed E-state index contributed by atoms with van der Waals surface area (Å²) in [7, 11) is 0. The molecule has 2 rings (SSSR count). The normalized spacial score (nSPS) is 12.2. The lowest BCUT2D eigenvalue weighted by Crippen LogP contribution is -2.37. The molecule has 2 nitrogen and oxygen atoms in total. The summed E-state index contributed by atoms with van der Waals surface area (Å²) in [4.78, 5) is 2.26. The van der Waals surface area contributed by atoms with Crippen LogP contribution < -0.4 is 9.64 Å². The Bertz CT molecular complexity index is 551. The first-order chi connectivity index (χ1) is 10.1. The van der Waals surface area contributed by atoms with Gasteiger partial charge >= 0.3 is 0 Å². The molecular formula is C19H25NO. The van der Waals surface area contributed by atoms with Gasteiger partial charge in [-0.25, -0.2) is 0 Å². The van der Waals surface area contributed by atoms with Gasteiger partial charge in [-0.15, -0.1) is 0 Å². The smallest absolute Gasteiger partial charge is 0.169 e. The summed E-state index contributed by atoms with van der Waals surface area (Å²) < 4.78 is 6.24. The van der Waals surface area contributed by atoms with E-state index in [1.54, 1.807) is 0 Å². The Morgan fingerprint density at radius 3 is 2.14 bits per heavy atom. The lowest BCUT2D eigenvalue weighted by molar-refractivity contribution is 0.213. The maximum absolute atomic E-state index is 6.24. The monoisotopic (exact) mass is 283 g/mol. The van der Waals surface area contributed by atoms with E-state index < -0.39 is 0 Å². The van der Waals surface area contributed by atoms with Gasteiger partial charge in [-0.1, -0.05) is 50.2 Å². The number of hydrogen-bond donors (Lipinski definition) is 0. The number of benzene rings is 2. The van der Waals surface area contributed by atoms with E-state index in [2.05, 4.69) is 75.1 Å². The van der Waals surface area contributed by atoms with E-state index in [1.165, 1.54) is 11.3 Å². The van der Waals surface area contributed by atoms with Crippen molar-refractivity contribution < 1.29 is 4.74 Å². The third kappa shape index (κ3) is 3.78. The molecule has 0 aliphatic carbocycles. The van der Waals surface area contributed by atoms with Gasteiger partial charge in [0, 0.05) is 12.2 Å². The van der Waals surface area contributed by atoms with Crippen molar-refractivity contribution in [3.8, 4) is 5.75 Å². The molecule has 0 N–H and O–H groups in total. The highest BCUT2D eigenvalue weighted by Gasteiger charge is 2.16. The SMILES string of the molecule is CCN(c1ccccc1)C(C)Oc1ccccc1C(C)C. The molecule has 0 spiro atoms. The van der Waals surface area contributed by atoms with Crippen LogP contribution in [0.3, 0.4) is 0 Å². The van der Waals surface area contributed by atoms with Crippen molar-refractivity contribution in [1.82, 2.24) is 0 Å². The summed E-state index contributed by atoms with van der Waals surface area (Å²) in [6.45, 7) is 9.56. The van der Waals surface area contributed by atoms with Crippen LogP contribution in [-0.4, -0.2) is 12.8 Å². The number of anilines is 1. The number of hydrogen-bond acceptors (Lipinski definition) is 2. The first-order valence-electron chi connectivity index (χ1n) is 7.70.